The Balaban J connectivity index is 1.29. The molecule has 0 saturated carbocycles. The average molecular weight is 469 g/mol. The van der Waals surface area contributed by atoms with Gasteiger partial charge in [0.25, 0.3) is 0 Å². The molecule has 0 amide bonds. The van der Waals surface area contributed by atoms with Crippen molar-refractivity contribution in [3.8, 4) is 0 Å². The second kappa shape index (κ2) is 9.27. The van der Waals surface area contributed by atoms with E-state index in [1.54, 1.807) is 6.20 Å². The molecule has 6 aromatic rings. The Morgan fingerprint density at radius 2 is 1.14 bits per heavy atom. The smallest absolute Gasteiger partial charge is 0.138 e. The molecular formula is C30H24N6. The van der Waals surface area contributed by atoms with E-state index in [1.165, 1.54) is 0 Å². The van der Waals surface area contributed by atoms with Crippen LogP contribution in [0.5, 0.6) is 0 Å². The summed E-state index contributed by atoms with van der Waals surface area (Å²) in [5.41, 5.74) is 12.6. The van der Waals surface area contributed by atoms with Crippen molar-refractivity contribution in [2.45, 2.75) is 0 Å². The minimum atomic E-state index is 0.662. The Bertz CT molecular complexity index is 1660. The molecule has 5 N–H and O–H groups in total. The monoisotopic (exact) mass is 468 g/mol. The van der Waals surface area contributed by atoms with Crippen molar-refractivity contribution in [1.82, 2.24) is 9.97 Å². The minimum absolute atomic E-state index is 0.662. The molecule has 36 heavy (non-hydrogen) atoms. The number of para-hydroxylation sites is 2. The van der Waals surface area contributed by atoms with Gasteiger partial charge >= 0.3 is 0 Å². The third kappa shape index (κ3) is 4.23. The molecule has 0 aliphatic heterocycles. The first-order chi connectivity index (χ1) is 17.7. The van der Waals surface area contributed by atoms with Crippen LogP contribution in [0.15, 0.2) is 116 Å². The van der Waals surface area contributed by atoms with Gasteiger partial charge in [-0.15, -0.1) is 0 Å². The van der Waals surface area contributed by atoms with Crippen LogP contribution in [0.4, 0.5) is 39.9 Å². The first-order valence-electron chi connectivity index (χ1n) is 11.7. The van der Waals surface area contributed by atoms with E-state index in [4.69, 9.17) is 5.73 Å². The maximum absolute atomic E-state index is 6.14. The number of pyridine rings is 2. The molecular weight excluding hydrogens is 444 g/mol. The molecule has 2 heterocycles. The van der Waals surface area contributed by atoms with Gasteiger partial charge in [0.15, 0.2) is 0 Å². The molecule has 6 rings (SSSR count). The highest BCUT2D eigenvalue weighted by Crippen LogP contribution is 2.34. The average Bonchev–Trinajstić information content (AvgIpc) is 2.91. The zero-order chi connectivity index (χ0) is 24.3. The second-order valence-electron chi connectivity index (χ2n) is 8.48. The molecule has 0 fully saturated rings. The number of nitrogens with zero attached hydrogens (tertiary/aromatic N) is 2. The summed E-state index contributed by atoms with van der Waals surface area (Å²) in [6.45, 7) is 0. The summed E-state index contributed by atoms with van der Waals surface area (Å²) in [7, 11) is 0. The van der Waals surface area contributed by atoms with Crippen LogP contribution in [-0.4, -0.2) is 9.97 Å². The van der Waals surface area contributed by atoms with E-state index in [-0.39, 0.29) is 0 Å². The predicted octanol–water partition coefficient (Wildman–Crippen LogP) is 7.60. The Kier molecular flexibility index (Phi) is 5.52. The van der Waals surface area contributed by atoms with Gasteiger partial charge in [0, 0.05) is 57.0 Å². The quantitative estimate of drug-likeness (QED) is 0.188. The van der Waals surface area contributed by atoms with Gasteiger partial charge in [0.2, 0.25) is 0 Å². The lowest BCUT2D eigenvalue weighted by Gasteiger charge is -2.15. The summed E-state index contributed by atoms with van der Waals surface area (Å²) in [5.74, 6) is 0.795. The van der Waals surface area contributed by atoms with Crippen LogP contribution >= 0.6 is 0 Å². The number of nitrogens with two attached hydrogens (primary N) is 1. The number of benzene rings is 4. The van der Waals surface area contributed by atoms with Crippen LogP contribution in [0.3, 0.4) is 0 Å². The topological polar surface area (TPSA) is 87.9 Å². The molecule has 0 radical (unpaired) electrons. The van der Waals surface area contributed by atoms with Crippen molar-refractivity contribution in [2.24, 2.45) is 0 Å². The van der Waals surface area contributed by atoms with Gasteiger partial charge in [-0.1, -0.05) is 42.5 Å². The molecule has 0 aliphatic carbocycles. The lowest BCUT2D eigenvalue weighted by atomic mass is 10.1. The molecule has 6 nitrogen and oxygen atoms in total. The van der Waals surface area contributed by atoms with Crippen molar-refractivity contribution in [1.29, 1.82) is 0 Å². The first kappa shape index (κ1) is 21.4. The van der Waals surface area contributed by atoms with Crippen LogP contribution in [0.2, 0.25) is 0 Å². The van der Waals surface area contributed by atoms with Crippen molar-refractivity contribution < 1.29 is 0 Å². The zero-order valence-corrected chi connectivity index (χ0v) is 19.4. The Hall–Kier alpha value is -5.10. The molecule has 6 heteroatoms. The van der Waals surface area contributed by atoms with Crippen molar-refractivity contribution in [3.05, 3.63) is 116 Å². The number of nitrogens with one attached hydrogen (secondary N) is 3. The number of fused-ring (bicyclic) bond motifs is 2. The zero-order valence-electron chi connectivity index (χ0n) is 19.4. The first-order valence-corrected chi connectivity index (χ1v) is 11.7. The Morgan fingerprint density at radius 1 is 0.472 bits per heavy atom. The number of hydrogen-bond acceptors (Lipinski definition) is 6. The summed E-state index contributed by atoms with van der Waals surface area (Å²) in [4.78, 5) is 9.07. The van der Waals surface area contributed by atoms with Crippen molar-refractivity contribution >= 4 is 61.6 Å². The highest BCUT2D eigenvalue weighted by atomic mass is 15.0. The molecule has 0 bridgehead atoms. The largest absolute Gasteiger partial charge is 0.397 e. The van der Waals surface area contributed by atoms with E-state index in [0.717, 1.165) is 55.9 Å². The summed E-state index contributed by atoms with van der Waals surface area (Å²) in [6.07, 6.45) is 3.60. The third-order valence-corrected chi connectivity index (χ3v) is 6.09. The third-order valence-electron chi connectivity index (χ3n) is 6.09. The highest BCUT2D eigenvalue weighted by Gasteiger charge is 2.10. The molecule has 0 unspecified atom stereocenters. The summed E-state index contributed by atoms with van der Waals surface area (Å²) >= 11 is 0. The molecule has 0 atom stereocenters. The molecule has 174 valence electrons. The van der Waals surface area contributed by atoms with Gasteiger partial charge < -0.3 is 21.7 Å². The molecule has 0 saturated heterocycles. The van der Waals surface area contributed by atoms with Crippen molar-refractivity contribution in [2.75, 3.05) is 21.7 Å². The number of anilines is 7. The highest BCUT2D eigenvalue weighted by molar-refractivity contribution is 6.05. The van der Waals surface area contributed by atoms with Crippen LogP contribution in [0.25, 0.3) is 21.7 Å². The fraction of sp³-hybridized carbons (Fsp3) is 0. The van der Waals surface area contributed by atoms with E-state index in [9.17, 15) is 0 Å². The lowest BCUT2D eigenvalue weighted by Crippen LogP contribution is -1.98. The van der Waals surface area contributed by atoms with E-state index >= 15 is 0 Å². The lowest BCUT2D eigenvalue weighted by molar-refractivity contribution is 1.34. The number of aromatic nitrogens is 2. The Morgan fingerprint density at radius 3 is 1.97 bits per heavy atom. The van der Waals surface area contributed by atoms with Crippen LogP contribution in [0, 0.1) is 0 Å². The van der Waals surface area contributed by atoms with E-state index in [1.807, 2.05) is 97.2 Å². The van der Waals surface area contributed by atoms with Crippen LogP contribution in [0.1, 0.15) is 0 Å². The number of nitrogen functional groups attached to an aromatic ring is 1. The fourth-order valence-corrected chi connectivity index (χ4v) is 4.33. The van der Waals surface area contributed by atoms with E-state index in [0.29, 0.717) is 5.69 Å². The van der Waals surface area contributed by atoms with Crippen molar-refractivity contribution in [3.63, 3.8) is 0 Å². The SMILES string of the molecule is Nc1cccc2c(Nc3cccc4c(Nc5ccc(Nc6ccccc6)cc5)nccc34)ccnc12. The molecule has 0 aliphatic rings. The van der Waals surface area contributed by atoms with Gasteiger partial charge in [0.1, 0.15) is 5.82 Å². The van der Waals surface area contributed by atoms with E-state index < -0.39 is 0 Å². The molecule has 2 aromatic heterocycles. The predicted molar refractivity (Wildman–Crippen MR) is 151 cm³/mol. The van der Waals surface area contributed by atoms with Crippen LogP contribution in [-0.2, 0) is 0 Å². The summed E-state index contributed by atoms with van der Waals surface area (Å²) in [6, 6.07) is 34.3. The standard InChI is InChI=1S/C30H24N6/c31-26-10-4-9-25-28(17-19-32-29(25)26)36-27-11-5-8-24-23(27)16-18-33-30(24)35-22-14-12-21(13-15-22)34-20-6-2-1-3-7-20/h1-19,34H,31H2,(H,32,36)(H,33,35). The normalized spacial score (nSPS) is 10.9. The summed E-state index contributed by atoms with van der Waals surface area (Å²) in [5, 5.41) is 13.5. The van der Waals surface area contributed by atoms with Gasteiger partial charge in [-0.25, -0.2) is 4.98 Å². The molecule has 4 aromatic carbocycles. The van der Waals surface area contributed by atoms with E-state index in [2.05, 4.69) is 38.1 Å². The second-order valence-corrected chi connectivity index (χ2v) is 8.48. The Labute approximate surface area is 208 Å². The van der Waals surface area contributed by atoms with Gasteiger partial charge in [0.05, 0.1) is 11.2 Å². The maximum atomic E-state index is 6.14. The number of rotatable bonds is 6. The van der Waals surface area contributed by atoms with Crippen LogP contribution < -0.4 is 21.7 Å². The minimum Gasteiger partial charge on any atom is -0.397 e. The number of hydrogen-bond donors (Lipinski definition) is 4. The fourth-order valence-electron chi connectivity index (χ4n) is 4.33. The van der Waals surface area contributed by atoms with Gasteiger partial charge in [-0.05, 0) is 60.7 Å². The molecule has 0 spiro atoms. The summed E-state index contributed by atoms with van der Waals surface area (Å²) < 4.78 is 0. The maximum Gasteiger partial charge on any atom is 0.138 e. The van der Waals surface area contributed by atoms with Gasteiger partial charge in [-0.3, -0.25) is 4.98 Å². The van der Waals surface area contributed by atoms with Gasteiger partial charge in [-0.2, -0.15) is 0 Å².